The number of rotatable bonds is 7. The first-order valence-corrected chi connectivity index (χ1v) is 9.43. The number of thioether (sulfide) groups is 1. The van der Waals surface area contributed by atoms with Crippen LogP contribution in [-0.2, 0) is 4.74 Å². The molecule has 1 saturated carbocycles. The standard InChI is InChI=1S/C14H20ClN5O4S/c1-2-5-25-14-16-12(15)9-13(17-14)20(19-18-9)7-6-8(24-4-3-21)11(23)10(7)22/h7-8,10-11,21-23H,2-6H2,1H3/t7?,8-,10-,11+/m0/s1. The fourth-order valence-corrected chi connectivity index (χ4v) is 3.79. The van der Waals surface area contributed by atoms with Crippen molar-refractivity contribution in [1.82, 2.24) is 25.0 Å². The molecule has 3 N–H and O–H groups in total. The number of ether oxygens (including phenoxy) is 1. The van der Waals surface area contributed by atoms with Crippen molar-refractivity contribution in [3.63, 3.8) is 0 Å². The fraction of sp³-hybridized carbons (Fsp3) is 0.714. The molecule has 25 heavy (non-hydrogen) atoms. The molecule has 0 spiro atoms. The minimum Gasteiger partial charge on any atom is -0.394 e. The summed E-state index contributed by atoms with van der Waals surface area (Å²) < 4.78 is 6.86. The van der Waals surface area contributed by atoms with E-state index in [1.165, 1.54) is 16.4 Å². The van der Waals surface area contributed by atoms with Crippen molar-refractivity contribution >= 4 is 34.5 Å². The van der Waals surface area contributed by atoms with Crippen LogP contribution in [0.5, 0.6) is 0 Å². The van der Waals surface area contributed by atoms with Crippen molar-refractivity contribution in [3.8, 4) is 0 Å². The van der Waals surface area contributed by atoms with Gasteiger partial charge in [-0.05, 0) is 6.42 Å². The molecule has 1 fully saturated rings. The number of nitrogens with zero attached hydrogens (tertiary/aromatic N) is 5. The molecule has 1 unspecified atom stereocenters. The summed E-state index contributed by atoms with van der Waals surface area (Å²) in [5.41, 5.74) is 0.765. The van der Waals surface area contributed by atoms with E-state index in [4.69, 9.17) is 21.4 Å². The lowest BCUT2D eigenvalue weighted by atomic mass is 10.2. The molecular formula is C14H20ClN5O4S. The Morgan fingerprint density at radius 2 is 2.12 bits per heavy atom. The summed E-state index contributed by atoms with van der Waals surface area (Å²) in [7, 11) is 0. The SMILES string of the molecule is CCCSc1nc(Cl)c2nnn(C3C[C@H](OCCO)[C@@H](O)[C@H]3O)c2n1. The van der Waals surface area contributed by atoms with E-state index < -0.39 is 24.4 Å². The minimum atomic E-state index is -1.09. The summed E-state index contributed by atoms with van der Waals surface area (Å²) in [5.74, 6) is 0.852. The second-order valence-corrected chi connectivity index (χ2v) is 7.19. The Bertz CT molecular complexity index is 733. The lowest BCUT2D eigenvalue weighted by Gasteiger charge is -2.17. The molecule has 138 valence electrons. The molecule has 2 aromatic rings. The summed E-state index contributed by atoms with van der Waals surface area (Å²) in [6.45, 7) is 1.99. The first-order chi connectivity index (χ1) is 12.1. The van der Waals surface area contributed by atoms with Crippen LogP contribution in [0.3, 0.4) is 0 Å². The molecule has 0 radical (unpaired) electrons. The average Bonchev–Trinajstić information content (AvgIpc) is 3.14. The van der Waals surface area contributed by atoms with E-state index in [9.17, 15) is 10.2 Å². The van der Waals surface area contributed by atoms with Crippen LogP contribution < -0.4 is 0 Å². The molecule has 9 nitrogen and oxygen atoms in total. The summed E-state index contributed by atoms with van der Waals surface area (Å²) in [4.78, 5) is 8.66. The van der Waals surface area contributed by atoms with Gasteiger partial charge in [0.2, 0.25) is 0 Å². The van der Waals surface area contributed by atoms with Gasteiger partial charge in [-0.15, -0.1) is 5.10 Å². The van der Waals surface area contributed by atoms with Gasteiger partial charge in [-0.3, -0.25) is 0 Å². The molecule has 0 aliphatic heterocycles. The maximum absolute atomic E-state index is 10.4. The molecule has 11 heteroatoms. The number of hydrogen-bond donors (Lipinski definition) is 3. The van der Waals surface area contributed by atoms with Crippen molar-refractivity contribution in [3.05, 3.63) is 5.15 Å². The highest BCUT2D eigenvalue weighted by atomic mass is 35.5. The van der Waals surface area contributed by atoms with Crippen LogP contribution in [0.2, 0.25) is 5.15 Å². The van der Waals surface area contributed by atoms with Gasteiger partial charge in [0.15, 0.2) is 21.5 Å². The lowest BCUT2D eigenvalue weighted by molar-refractivity contribution is -0.0629. The number of aliphatic hydroxyl groups is 3. The van der Waals surface area contributed by atoms with Crippen molar-refractivity contribution in [2.45, 2.75) is 49.3 Å². The molecule has 0 amide bonds. The van der Waals surface area contributed by atoms with Gasteiger partial charge in [-0.1, -0.05) is 35.5 Å². The van der Waals surface area contributed by atoms with Gasteiger partial charge in [-0.2, -0.15) is 0 Å². The first kappa shape index (κ1) is 18.7. The summed E-state index contributed by atoms with van der Waals surface area (Å²) >= 11 is 7.66. The second-order valence-electron chi connectivity index (χ2n) is 5.77. The van der Waals surface area contributed by atoms with Gasteiger partial charge in [0.1, 0.15) is 12.2 Å². The summed E-state index contributed by atoms with van der Waals surface area (Å²) in [6, 6.07) is -0.557. The van der Waals surface area contributed by atoms with Crippen LogP contribution in [0.4, 0.5) is 0 Å². The van der Waals surface area contributed by atoms with Gasteiger partial charge < -0.3 is 20.1 Å². The predicted octanol–water partition coefficient (Wildman–Crippen LogP) is 0.421. The highest BCUT2D eigenvalue weighted by molar-refractivity contribution is 7.99. The third kappa shape index (κ3) is 3.74. The van der Waals surface area contributed by atoms with Crippen LogP contribution in [0.1, 0.15) is 25.8 Å². The molecule has 0 aromatic carbocycles. The number of fused-ring (bicyclic) bond motifs is 1. The Labute approximate surface area is 153 Å². The zero-order chi connectivity index (χ0) is 18.0. The van der Waals surface area contributed by atoms with Gasteiger partial charge in [0.25, 0.3) is 0 Å². The number of aromatic nitrogens is 5. The normalized spacial score (nSPS) is 26.6. The zero-order valence-corrected chi connectivity index (χ0v) is 15.2. The van der Waals surface area contributed by atoms with Crippen molar-refractivity contribution in [2.24, 2.45) is 0 Å². The molecule has 4 atom stereocenters. The van der Waals surface area contributed by atoms with Crippen LogP contribution in [-0.4, -0.2) is 77.6 Å². The maximum Gasteiger partial charge on any atom is 0.191 e. The van der Waals surface area contributed by atoms with Crippen LogP contribution in [0.25, 0.3) is 11.2 Å². The second kappa shape index (κ2) is 8.11. The predicted molar refractivity (Wildman–Crippen MR) is 91.6 cm³/mol. The Hall–Kier alpha value is -1.04. The van der Waals surface area contributed by atoms with Crippen molar-refractivity contribution < 1.29 is 20.1 Å². The van der Waals surface area contributed by atoms with Gasteiger partial charge in [0, 0.05) is 12.2 Å². The highest BCUT2D eigenvalue weighted by Gasteiger charge is 2.44. The monoisotopic (exact) mass is 389 g/mol. The highest BCUT2D eigenvalue weighted by Crippen LogP contribution is 2.34. The first-order valence-electron chi connectivity index (χ1n) is 8.06. The van der Waals surface area contributed by atoms with Crippen LogP contribution in [0, 0.1) is 0 Å². The maximum atomic E-state index is 10.4. The smallest absolute Gasteiger partial charge is 0.191 e. The Morgan fingerprint density at radius 1 is 1.32 bits per heavy atom. The molecule has 1 aliphatic carbocycles. The molecule has 0 bridgehead atoms. The topological polar surface area (TPSA) is 126 Å². The molecule has 3 rings (SSSR count). The quantitative estimate of drug-likeness (QED) is 0.350. The zero-order valence-electron chi connectivity index (χ0n) is 13.6. The number of halogens is 1. The van der Waals surface area contributed by atoms with E-state index in [2.05, 4.69) is 27.2 Å². The lowest BCUT2D eigenvalue weighted by Crippen LogP contribution is -2.33. The van der Waals surface area contributed by atoms with E-state index in [1.54, 1.807) is 0 Å². The van der Waals surface area contributed by atoms with Gasteiger partial charge in [-0.25, -0.2) is 14.6 Å². The minimum absolute atomic E-state index is 0.0884. The Balaban J connectivity index is 1.91. The molecule has 0 saturated heterocycles. The van der Waals surface area contributed by atoms with Crippen LogP contribution >= 0.6 is 23.4 Å². The number of hydrogen-bond acceptors (Lipinski definition) is 9. The van der Waals surface area contributed by atoms with E-state index >= 15 is 0 Å². The van der Waals surface area contributed by atoms with E-state index in [0.717, 1.165) is 12.2 Å². The molecule has 2 aromatic heterocycles. The molecule has 1 aliphatic rings. The summed E-state index contributed by atoms with van der Waals surface area (Å²) in [6.07, 6.45) is -1.48. The van der Waals surface area contributed by atoms with Gasteiger partial charge >= 0.3 is 0 Å². The average molecular weight is 390 g/mol. The van der Waals surface area contributed by atoms with Crippen molar-refractivity contribution in [1.29, 1.82) is 0 Å². The number of aliphatic hydroxyl groups excluding tert-OH is 3. The third-order valence-electron chi connectivity index (χ3n) is 4.03. The fourth-order valence-electron chi connectivity index (χ4n) is 2.84. The third-order valence-corrected chi connectivity index (χ3v) is 5.35. The van der Waals surface area contributed by atoms with Crippen LogP contribution in [0.15, 0.2) is 5.16 Å². The molecular weight excluding hydrogens is 370 g/mol. The Kier molecular flexibility index (Phi) is 6.08. The largest absolute Gasteiger partial charge is 0.394 e. The Morgan fingerprint density at radius 3 is 2.84 bits per heavy atom. The van der Waals surface area contributed by atoms with Crippen molar-refractivity contribution in [2.75, 3.05) is 19.0 Å². The van der Waals surface area contributed by atoms with E-state index in [0.29, 0.717) is 22.7 Å². The summed E-state index contributed by atoms with van der Waals surface area (Å²) in [5, 5.41) is 38.2. The van der Waals surface area contributed by atoms with Gasteiger partial charge in [0.05, 0.1) is 25.4 Å². The molecule has 2 heterocycles. The van der Waals surface area contributed by atoms with E-state index in [1.807, 2.05) is 0 Å². The van der Waals surface area contributed by atoms with E-state index in [-0.39, 0.29) is 18.4 Å².